The number of rotatable bonds is 6. The minimum absolute atomic E-state index is 0.136. The molecule has 0 aliphatic carbocycles. The van der Waals surface area contributed by atoms with Crippen LogP contribution in [0, 0.1) is 0 Å². The van der Waals surface area contributed by atoms with Crippen LogP contribution in [0.4, 0.5) is 0 Å². The summed E-state index contributed by atoms with van der Waals surface area (Å²) < 4.78 is 7.58. The van der Waals surface area contributed by atoms with Gasteiger partial charge in [-0.3, -0.25) is 0 Å². The zero-order valence-corrected chi connectivity index (χ0v) is 14.0. The van der Waals surface area contributed by atoms with Gasteiger partial charge in [0.15, 0.2) is 0 Å². The molecule has 1 atom stereocenters. The fourth-order valence-corrected chi connectivity index (χ4v) is 2.96. The van der Waals surface area contributed by atoms with E-state index < -0.39 is 0 Å². The van der Waals surface area contributed by atoms with E-state index in [-0.39, 0.29) is 12.2 Å². The van der Waals surface area contributed by atoms with Crippen molar-refractivity contribution in [2.75, 3.05) is 6.54 Å². The highest BCUT2D eigenvalue weighted by Gasteiger charge is 2.10. The van der Waals surface area contributed by atoms with Crippen LogP contribution in [-0.2, 0) is 6.54 Å². The fraction of sp³-hybridized carbons (Fsp3) is 0.538. The Morgan fingerprint density at radius 3 is 2.22 bits per heavy atom. The Balaban J connectivity index is 2.73. The second kappa shape index (κ2) is 7.48. The molecular formula is C13H19Br2NO2. The van der Waals surface area contributed by atoms with Gasteiger partial charge in [-0.25, -0.2) is 0 Å². The van der Waals surface area contributed by atoms with Crippen LogP contribution in [0.25, 0.3) is 0 Å². The van der Waals surface area contributed by atoms with Gasteiger partial charge < -0.3 is 15.2 Å². The van der Waals surface area contributed by atoms with Gasteiger partial charge in [0.25, 0.3) is 0 Å². The van der Waals surface area contributed by atoms with E-state index in [1.165, 1.54) is 0 Å². The predicted molar refractivity (Wildman–Crippen MR) is 81.0 cm³/mol. The number of aliphatic hydroxyl groups is 1. The number of nitrogens with one attached hydrogen (secondary N) is 1. The van der Waals surface area contributed by atoms with E-state index in [0.29, 0.717) is 13.1 Å². The van der Waals surface area contributed by atoms with Crippen molar-refractivity contribution in [2.24, 2.45) is 0 Å². The topological polar surface area (TPSA) is 41.5 Å². The average Bonchev–Trinajstić information content (AvgIpc) is 2.22. The molecule has 1 aromatic rings. The first-order chi connectivity index (χ1) is 8.40. The molecule has 3 nitrogen and oxygen atoms in total. The number of aliphatic hydroxyl groups excluding tert-OH is 1. The minimum atomic E-state index is -0.333. The van der Waals surface area contributed by atoms with Gasteiger partial charge in [0.1, 0.15) is 5.75 Å². The van der Waals surface area contributed by atoms with Gasteiger partial charge in [0.05, 0.1) is 21.2 Å². The number of hydrogen-bond donors (Lipinski definition) is 2. The second-order valence-corrected chi connectivity index (χ2v) is 6.24. The molecule has 0 saturated carbocycles. The largest absolute Gasteiger partial charge is 0.489 e. The van der Waals surface area contributed by atoms with Gasteiger partial charge in [-0.2, -0.15) is 0 Å². The normalized spacial score (nSPS) is 12.8. The SMILES string of the molecule is CC(C)Oc1c(Br)cc(CNC[C@H](C)O)cc1Br. The highest BCUT2D eigenvalue weighted by molar-refractivity contribution is 9.11. The zero-order valence-electron chi connectivity index (χ0n) is 10.8. The molecule has 1 aromatic carbocycles. The molecule has 0 radical (unpaired) electrons. The third kappa shape index (κ3) is 5.26. The lowest BCUT2D eigenvalue weighted by molar-refractivity contribution is 0.191. The summed E-state index contributed by atoms with van der Waals surface area (Å²) in [5.74, 6) is 0.823. The van der Waals surface area contributed by atoms with Crippen molar-refractivity contribution < 1.29 is 9.84 Å². The first-order valence-electron chi connectivity index (χ1n) is 5.93. The molecule has 0 unspecified atom stereocenters. The summed E-state index contributed by atoms with van der Waals surface area (Å²) in [5.41, 5.74) is 1.13. The van der Waals surface area contributed by atoms with E-state index in [0.717, 1.165) is 20.3 Å². The number of benzene rings is 1. The lowest BCUT2D eigenvalue weighted by atomic mass is 10.2. The first-order valence-corrected chi connectivity index (χ1v) is 7.52. The second-order valence-electron chi connectivity index (χ2n) is 4.54. The fourth-order valence-electron chi connectivity index (χ4n) is 1.49. The number of halogens is 2. The standard InChI is InChI=1S/C13H19Br2NO2/c1-8(2)18-13-11(14)4-10(5-12(13)15)7-16-6-9(3)17/h4-5,8-9,16-17H,6-7H2,1-3H3/t9-/m0/s1. The van der Waals surface area contributed by atoms with Crippen molar-refractivity contribution in [1.29, 1.82) is 0 Å². The smallest absolute Gasteiger partial charge is 0.148 e. The Labute approximate surface area is 125 Å². The number of ether oxygens (including phenoxy) is 1. The van der Waals surface area contributed by atoms with Crippen LogP contribution in [0.5, 0.6) is 5.75 Å². The monoisotopic (exact) mass is 379 g/mol. The maximum atomic E-state index is 9.18. The van der Waals surface area contributed by atoms with E-state index in [1.807, 2.05) is 26.0 Å². The molecule has 0 bridgehead atoms. The summed E-state index contributed by atoms with van der Waals surface area (Å²) in [6, 6.07) is 4.05. The van der Waals surface area contributed by atoms with Crippen molar-refractivity contribution in [3.05, 3.63) is 26.6 Å². The van der Waals surface area contributed by atoms with Gasteiger partial charge in [-0.15, -0.1) is 0 Å². The van der Waals surface area contributed by atoms with Crippen molar-refractivity contribution in [1.82, 2.24) is 5.32 Å². The quantitative estimate of drug-likeness (QED) is 0.793. The van der Waals surface area contributed by atoms with Crippen LogP contribution in [-0.4, -0.2) is 23.9 Å². The summed E-state index contributed by atoms with van der Waals surface area (Å²) in [6.07, 6.45) is -0.197. The van der Waals surface area contributed by atoms with E-state index in [2.05, 4.69) is 37.2 Å². The third-order valence-corrected chi connectivity index (χ3v) is 3.36. The maximum Gasteiger partial charge on any atom is 0.148 e. The summed E-state index contributed by atoms with van der Waals surface area (Å²) in [7, 11) is 0. The Bertz CT molecular complexity index is 372. The summed E-state index contributed by atoms with van der Waals surface area (Å²) in [4.78, 5) is 0. The van der Waals surface area contributed by atoms with E-state index in [4.69, 9.17) is 4.74 Å². The molecule has 0 amide bonds. The molecule has 0 heterocycles. The van der Waals surface area contributed by atoms with Crippen LogP contribution in [0.15, 0.2) is 21.1 Å². The van der Waals surface area contributed by atoms with Gasteiger partial charge >= 0.3 is 0 Å². The average molecular weight is 381 g/mol. The Morgan fingerprint density at radius 2 is 1.78 bits per heavy atom. The summed E-state index contributed by atoms with van der Waals surface area (Å²) in [6.45, 7) is 7.05. The third-order valence-electron chi connectivity index (χ3n) is 2.18. The van der Waals surface area contributed by atoms with Crippen molar-refractivity contribution in [3.8, 4) is 5.75 Å². The van der Waals surface area contributed by atoms with Crippen molar-refractivity contribution >= 4 is 31.9 Å². The molecule has 0 saturated heterocycles. The highest BCUT2D eigenvalue weighted by atomic mass is 79.9. The minimum Gasteiger partial charge on any atom is -0.489 e. The van der Waals surface area contributed by atoms with Crippen LogP contribution in [0.1, 0.15) is 26.3 Å². The molecule has 5 heteroatoms. The van der Waals surface area contributed by atoms with E-state index in [9.17, 15) is 5.11 Å². The van der Waals surface area contributed by atoms with Gasteiger partial charge in [0.2, 0.25) is 0 Å². The molecule has 0 fully saturated rings. The number of hydrogen-bond acceptors (Lipinski definition) is 3. The maximum absolute atomic E-state index is 9.18. The highest BCUT2D eigenvalue weighted by Crippen LogP contribution is 2.35. The van der Waals surface area contributed by atoms with Crippen molar-refractivity contribution in [3.63, 3.8) is 0 Å². The molecule has 0 spiro atoms. The first kappa shape index (κ1) is 16.0. The van der Waals surface area contributed by atoms with Crippen LogP contribution >= 0.6 is 31.9 Å². The predicted octanol–water partition coefficient (Wildman–Crippen LogP) is 3.47. The lowest BCUT2D eigenvalue weighted by Crippen LogP contribution is -2.23. The van der Waals surface area contributed by atoms with E-state index >= 15 is 0 Å². The van der Waals surface area contributed by atoms with Gasteiger partial charge in [-0.1, -0.05) is 0 Å². The summed E-state index contributed by atoms with van der Waals surface area (Å²) in [5, 5.41) is 12.4. The van der Waals surface area contributed by atoms with Crippen LogP contribution in [0.3, 0.4) is 0 Å². The molecule has 1 rings (SSSR count). The zero-order chi connectivity index (χ0) is 13.7. The van der Waals surface area contributed by atoms with Crippen LogP contribution in [0.2, 0.25) is 0 Å². The Kier molecular flexibility index (Phi) is 6.63. The molecular weight excluding hydrogens is 362 g/mol. The van der Waals surface area contributed by atoms with Gasteiger partial charge in [0, 0.05) is 13.1 Å². The Hall–Kier alpha value is -0.100. The van der Waals surface area contributed by atoms with E-state index in [1.54, 1.807) is 6.92 Å². The van der Waals surface area contributed by atoms with Crippen molar-refractivity contribution in [2.45, 2.75) is 39.5 Å². The molecule has 102 valence electrons. The Morgan fingerprint density at radius 1 is 1.22 bits per heavy atom. The molecule has 2 N–H and O–H groups in total. The van der Waals surface area contributed by atoms with Crippen LogP contribution < -0.4 is 10.1 Å². The summed E-state index contributed by atoms with van der Waals surface area (Å²) >= 11 is 7.03. The lowest BCUT2D eigenvalue weighted by Gasteiger charge is -2.15. The molecule has 0 aliphatic rings. The van der Waals surface area contributed by atoms with Gasteiger partial charge in [-0.05, 0) is 70.3 Å². The molecule has 0 aliphatic heterocycles. The molecule has 0 aromatic heterocycles. The molecule has 18 heavy (non-hydrogen) atoms.